The summed E-state index contributed by atoms with van der Waals surface area (Å²) in [5.74, 6) is 2.75. The summed E-state index contributed by atoms with van der Waals surface area (Å²) < 4.78 is 40.3. The maximum absolute atomic E-state index is 13.9. The van der Waals surface area contributed by atoms with E-state index in [1.165, 1.54) is 0 Å². The van der Waals surface area contributed by atoms with Crippen LogP contribution in [0.1, 0.15) is 173 Å². The molecule has 52 heavy (non-hydrogen) atoms. The van der Waals surface area contributed by atoms with Crippen molar-refractivity contribution in [3.63, 3.8) is 0 Å². The lowest BCUT2D eigenvalue weighted by molar-refractivity contribution is 0.104. The second kappa shape index (κ2) is 29.1. The highest BCUT2D eigenvalue weighted by Gasteiger charge is 2.33. The second-order valence-electron chi connectivity index (χ2n) is 13.6. The maximum Gasteiger partial charge on any atom is 0.211 e. The summed E-state index contributed by atoms with van der Waals surface area (Å²) in [6, 6.07) is 9.33. The lowest BCUT2D eigenvalue weighted by atomic mass is 10.0. The van der Waals surface area contributed by atoms with Gasteiger partial charge in [0.15, 0.2) is 17.3 Å². The highest BCUT2D eigenvalue weighted by atomic mass is 16.6. The molecule has 7 heteroatoms. The smallest absolute Gasteiger partial charge is 0.211 e. The predicted molar refractivity (Wildman–Crippen MR) is 216 cm³/mol. The number of ketones is 1. The van der Waals surface area contributed by atoms with Crippen LogP contribution >= 0.6 is 0 Å². The van der Waals surface area contributed by atoms with E-state index < -0.39 is 0 Å². The number of carbonyl (C=O) groups is 1. The SMILES string of the molecule is CCCCCOC(=CC(=O)c1ccccc1)c1c(OCCCCC)c(OCCCCC)c(OCCCCC)c(OCCCCC)c1OCCCCC. The summed E-state index contributed by atoms with van der Waals surface area (Å²) in [4.78, 5) is 13.9. The summed E-state index contributed by atoms with van der Waals surface area (Å²) in [5, 5.41) is 0. The fourth-order valence-corrected chi connectivity index (χ4v) is 5.69. The fourth-order valence-electron chi connectivity index (χ4n) is 5.69. The third-order valence-electron chi connectivity index (χ3n) is 8.82. The monoisotopic (exact) mass is 725 g/mol. The van der Waals surface area contributed by atoms with Crippen LogP contribution in [0.3, 0.4) is 0 Å². The molecule has 2 rings (SSSR count). The van der Waals surface area contributed by atoms with Gasteiger partial charge in [-0.25, -0.2) is 0 Å². The van der Waals surface area contributed by atoms with Crippen molar-refractivity contribution in [3.05, 3.63) is 47.5 Å². The topological polar surface area (TPSA) is 72.5 Å². The molecule has 0 bridgehead atoms. The van der Waals surface area contributed by atoms with Crippen molar-refractivity contribution < 1.29 is 33.2 Å². The highest BCUT2D eigenvalue weighted by molar-refractivity contribution is 6.08. The van der Waals surface area contributed by atoms with Gasteiger partial charge in [-0.1, -0.05) is 149 Å². The molecular weight excluding hydrogens is 652 g/mol. The molecule has 0 aliphatic heterocycles. The number of hydrogen-bond acceptors (Lipinski definition) is 7. The lowest BCUT2D eigenvalue weighted by Crippen LogP contribution is -2.14. The molecule has 0 unspecified atom stereocenters. The van der Waals surface area contributed by atoms with Gasteiger partial charge in [0.25, 0.3) is 0 Å². The van der Waals surface area contributed by atoms with Crippen molar-refractivity contribution in [2.24, 2.45) is 0 Å². The Balaban J connectivity index is 3.02. The van der Waals surface area contributed by atoms with E-state index in [4.69, 9.17) is 28.4 Å². The summed E-state index contributed by atoms with van der Waals surface area (Å²) in [6.07, 6.45) is 19.5. The predicted octanol–water partition coefficient (Wildman–Crippen LogP) is 13.0. The molecule has 2 aromatic rings. The van der Waals surface area contributed by atoms with E-state index in [-0.39, 0.29) is 5.78 Å². The molecule has 0 saturated heterocycles. The van der Waals surface area contributed by atoms with E-state index in [0.29, 0.717) is 85.3 Å². The van der Waals surface area contributed by atoms with Gasteiger partial charge in [0.05, 0.1) is 39.6 Å². The van der Waals surface area contributed by atoms with Gasteiger partial charge in [-0.15, -0.1) is 0 Å². The van der Waals surface area contributed by atoms with E-state index in [2.05, 4.69) is 41.5 Å². The molecule has 294 valence electrons. The Morgan fingerprint density at radius 2 is 0.769 bits per heavy atom. The first-order valence-corrected chi connectivity index (χ1v) is 20.9. The van der Waals surface area contributed by atoms with Gasteiger partial charge in [0, 0.05) is 11.6 Å². The number of unbranched alkanes of at least 4 members (excludes halogenated alkanes) is 12. The molecule has 0 heterocycles. The summed E-state index contributed by atoms with van der Waals surface area (Å²) in [6.45, 7) is 16.0. The number of ether oxygens (including phenoxy) is 6. The van der Waals surface area contributed by atoms with Gasteiger partial charge in [-0.2, -0.15) is 0 Å². The van der Waals surface area contributed by atoms with Crippen LogP contribution in [0.5, 0.6) is 28.7 Å². The van der Waals surface area contributed by atoms with Crippen molar-refractivity contribution in [2.45, 2.75) is 157 Å². The van der Waals surface area contributed by atoms with Crippen molar-refractivity contribution in [2.75, 3.05) is 39.6 Å². The number of benzene rings is 2. The van der Waals surface area contributed by atoms with Gasteiger partial charge in [-0.3, -0.25) is 4.79 Å². The molecule has 2 aromatic carbocycles. The van der Waals surface area contributed by atoms with Gasteiger partial charge in [-0.05, 0) is 38.5 Å². The van der Waals surface area contributed by atoms with E-state index in [9.17, 15) is 4.79 Å². The van der Waals surface area contributed by atoms with Crippen molar-refractivity contribution in [1.82, 2.24) is 0 Å². The molecule has 0 spiro atoms. The van der Waals surface area contributed by atoms with Gasteiger partial charge in [0.2, 0.25) is 17.2 Å². The van der Waals surface area contributed by atoms with E-state index in [0.717, 1.165) is 116 Å². The van der Waals surface area contributed by atoms with Crippen LogP contribution in [0.4, 0.5) is 0 Å². The van der Waals surface area contributed by atoms with Crippen molar-refractivity contribution in [1.29, 1.82) is 0 Å². The fraction of sp³-hybridized carbons (Fsp3) is 0.667. The average Bonchev–Trinajstić information content (AvgIpc) is 3.16. The van der Waals surface area contributed by atoms with E-state index >= 15 is 0 Å². The van der Waals surface area contributed by atoms with E-state index in [1.54, 1.807) is 6.08 Å². The third-order valence-corrected chi connectivity index (χ3v) is 8.82. The number of hydrogen-bond donors (Lipinski definition) is 0. The van der Waals surface area contributed by atoms with Gasteiger partial charge >= 0.3 is 0 Å². The Hall–Kier alpha value is -3.35. The minimum atomic E-state index is -0.157. The van der Waals surface area contributed by atoms with Crippen molar-refractivity contribution in [3.8, 4) is 28.7 Å². The molecular formula is C45H72O7. The molecule has 0 amide bonds. The van der Waals surface area contributed by atoms with Crippen LogP contribution in [-0.4, -0.2) is 45.4 Å². The Bertz CT molecular complexity index is 1190. The Kier molecular flexibility index (Phi) is 25.1. The molecule has 0 N–H and O–H groups in total. The van der Waals surface area contributed by atoms with Gasteiger partial charge in [0.1, 0.15) is 11.3 Å². The molecule has 0 aromatic heterocycles. The van der Waals surface area contributed by atoms with Gasteiger partial charge < -0.3 is 28.4 Å². The normalized spacial score (nSPS) is 11.4. The number of rotatable bonds is 33. The minimum absolute atomic E-state index is 0.157. The van der Waals surface area contributed by atoms with Crippen LogP contribution < -0.4 is 23.7 Å². The zero-order chi connectivity index (χ0) is 37.7. The van der Waals surface area contributed by atoms with Crippen molar-refractivity contribution >= 4 is 11.5 Å². The van der Waals surface area contributed by atoms with Crippen LogP contribution in [0.25, 0.3) is 5.76 Å². The molecule has 0 atom stereocenters. The highest BCUT2D eigenvalue weighted by Crippen LogP contribution is 2.56. The number of carbonyl (C=O) groups excluding carboxylic acids is 1. The quantitative estimate of drug-likeness (QED) is 0.0314. The Morgan fingerprint density at radius 3 is 1.13 bits per heavy atom. The molecule has 0 fully saturated rings. The molecule has 0 radical (unpaired) electrons. The molecule has 0 aliphatic rings. The largest absolute Gasteiger partial charge is 0.493 e. The summed E-state index contributed by atoms with van der Waals surface area (Å²) >= 11 is 0. The summed E-state index contributed by atoms with van der Waals surface area (Å²) in [5.41, 5.74) is 1.14. The maximum atomic E-state index is 13.9. The number of allylic oxidation sites excluding steroid dienone is 1. The molecule has 0 saturated carbocycles. The van der Waals surface area contributed by atoms with Crippen LogP contribution in [-0.2, 0) is 4.74 Å². The zero-order valence-electron chi connectivity index (χ0n) is 33.8. The van der Waals surface area contributed by atoms with Crippen LogP contribution in [0.15, 0.2) is 36.4 Å². The summed E-state index contributed by atoms with van der Waals surface area (Å²) in [7, 11) is 0. The minimum Gasteiger partial charge on any atom is -0.493 e. The Labute approximate surface area is 317 Å². The first kappa shape index (κ1) is 44.8. The first-order chi connectivity index (χ1) is 25.6. The second-order valence-corrected chi connectivity index (χ2v) is 13.6. The lowest BCUT2D eigenvalue weighted by Gasteiger charge is -2.27. The molecule has 7 nitrogen and oxygen atoms in total. The van der Waals surface area contributed by atoms with Crippen LogP contribution in [0, 0.1) is 0 Å². The Morgan fingerprint density at radius 1 is 0.442 bits per heavy atom. The van der Waals surface area contributed by atoms with E-state index in [1.807, 2.05) is 30.3 Å². The van der Waals surface area contributed by atoms with Crippen LogP contribution in [0.2, 0.25) is 0 Å². The first-order valence-electron chi connectivity index (χ1n) is 20.9. The molecule has 0 aliphatic carbocycles. The standard InChI is InChI=1S/C45H72O7/c1-7-13-22-30-47-39(36-38(46)37-28-20-19-21-29-37)40-41(48-31-23-14-8-2)43(50-33-25-16-10-4)45(52-35-27-18-12-6)44(51-34-26-17-11-5)42(40)49-32-24-15-9-3/h19-21,28-29,36H,7-18,22-27,30-35H2,1-6H3. The third kappa shape index (κ3) is 16.5. The average molecular weight is 725 g/mol. The zero-order valence-corrected chi connectivity index (χ0v) is 33.8.